The highest BCUT2D eigenvalue weighted by Gasteiger charge is 2.12. The number of aromatic hydroxyl groups is 2. The Balaban J connectivity index is 1.83. The van der Waals surface area contributed by atoms with Crippen molar-refractivity contribution in [3.05, 3.63) is 44.8 Å². The zero-order valence-corrected chi connectivity index (χ0v) is 14.9. The van der Waals surface area contributed by atoms with E-state index in [1.807, 2.05) is 24.3 Å². The summed E-state index contributed by atoms with van der Waals surface area (Å²) >= 11 is 7.81. The summed E-state index contributed by atoms with van der Waals surface area (Å²) in [5.74, 6) is -0.149. The van der Waals surface area contributed by atoms with Gasteiger partial charge in [-0.3, -0.25) is 5.43 Å². The van der Waals surface area contributed by atoms with Crippen LogP contribution in [-0.2, 0) is 0 Å². The van der Waals surface area contributed by atoms with Crippen LogP contribution in [0.1, 0.15) is 5.56 Å². The van der Waals surface area contributed by atoms with Crippen molar-refractivity contribution in [3.63, 3.8) is 0 Å². The molecular formula is C14H9Br2N3O2S. The number of para-hydroxylation sites is 1. The van der Waals surface area contributed by atoms with Crippen molar-refractivity contribution in [2.24, 2.45) is 5.10 Å². The molecule has 0 fully saturated rings. The molecule has 3 aromatic rings. The number of nitrogens with zero attached hydrogens (tertiary/aromatic N) is 2. The van der Waals surface area contributed by atoms with Crippen LogP contribution in [0.15, 0.2) is 44.4 Å². The molecule has 0 aliphatic carbocycles. The molecule has 3 N–H and O–H groups in total. The maximum absolute atomic E-state index is 9.95. The van der Waals surface area contributed by atoms with Crippen LogP contribution in [-0.4, -0.2) is 21.4 Å². The summed E-state index contributed by atoms with van der Waals surface area (Å²) in [6.07, 6.45) is 1.45. The van der Waals surface area contributed by atoms with Gasteiger partial charge in [-0.2, -0.15) is 5.10 Å². The predicted molar refractivity (Wildman–Crippen MR) is 96.0 cm³/mol. The predicted octanol–water partition coefficient (Wildman–Crippen LogP) is 4.68. The van der Waals surface area contributed by atoms with Gasteiger partial charge in [0.1, 0.15) is 16.0 Å². The average molecular weight is 443 g/mol. The third-order valence-corrected chi connectivity index (χ3v) is 5.15. The number of phenolic OH excluding ortho intramolecular Hbond substituents is 2. The molecule has 0 amide bonds. The number of halogens is 2. The molecule has 0 aliphatic rings. The number of hydrogen-bond donors (Lipinski definition) is 3. The lowest BCUT2D eigenvalue weighted by Gasteiger charge is -2.06. The molecule has 0 saturated carbocycles. The Morgan fingerprint density at radius 2 is 1.95 bits per heavy atom. The fourth-order valence-corrected chi connectivity index (χ4v) is 3.76. The largest absolute Gasteiger partial charge is 0.506 e. The number of aromatic nitrogens is 1. The van der Waals surface area contributed by atoms with Crippen LogP contribution in [0.5, 0.6) is 11.5 Å². The molecule has 1 heterocycles. The zero-order valence-electron chi connectivity index (χ0n) is 10.9. The maximum atomic E-state index is 9.95. The van der Waals surface area contributed by atoms with Gasteiger partial charge in [0.2, 0.25) is 5.13 Å². The second kappa shape index (κ2) is 6.23. The first-order chi connectivity index (χ1) is 10.6. The molecule has 0 spiro atoms. The molecule has 2 aromatic carbocycles. The molecule has 112 valence electrons. The van der Waals surface area contributed by atoms with E-state index in [4.69, 9.17) is 0 Å². The third-order valence-electron chi connectivity index (χ3n) is 2.86. The summed E-state index contributed by atoms with van der Waals surface area (Å²) in [5.41, 5.74) is 4.19. The van der Waals surface area contributed by atoms with Gasteiger partial charge in [0.05, 0.1) is 20.9 Å². The molecule has 0 unspecified atom stereocenters. The van der Waals surface area contributed by atoms with E-state index in [2.05, 4.69) is 47.4 Å². The number of hydrogen-bond acceptors (Lipinski definition) is 6. The standard InChI is InChI=1S/C14H9Br2N3O2S/c15-8-5-7(12(20)11(16)13(8)21)6-17-19-14-18-9-3-1-2-4-10(9)22-14/h1-6,20-21H,(H,18,19). The van der Waals surface area contributed by atoms with Crippen LogP contribution in [0.3, 0.4) is 0 Å². The third kappa shape index (κ3) is 2.94. The molecule has 0 radical (unpaired) electrons. The van der Waals surface area contributed by atoms with Gasteiger partial charge in [0.25, 0.3) is 0 Å². The highest BCUT2D eigenvalue weighted by Crippen LogP contribution is 2.40. The SMILES string of the molecule is Oc1c(Br)cc(C=NNc2nc3ccccc3s2)c(O)c1Br. The number of anilines is 1. The van der Waals surface area contributed by atoms with E-state index in [1.54, 1.807) is 6.07 Å². The smallest absolute Gasteiger partial charge is 0.204 e. The first-order valence-electron chi connectivity index (χ1n) is 6.11. The fourth-order valence-electron chi connectivity index (χ4n) is 1.79. The Morgan fingerprint density at radius 1 is 1.18 bits per heavy atom. The van der Waals surface area contributed by atoms with E-state index >= 15 is 0 Å². The Kier molecular flexibility index (Phi) is 4.32. The minimum atomic E-state index is -0.0875. The first kappa shape index (κ1) is 15.3. The summed E-state index contributed by atoms with van der Waals surface area (Å²) in [7, 11) is 0. The van der Waals surface area contributed by atoms with Gasteiger partial charge >= 0.3 is 0 Å². The number of thiazole rings is 1. The fraction of sp³-hybridized carbons (Fsp3) is 0. The molecule has 22 heavy (non-hydrogen) atoms. The van der Waals surface area contributed by atoms with E-state index in [0.29, 0.717) is 15.2 Å². The Labute approximate surface area is 146 Å². The van der Waals surface area contributed by atoms with Gasteiger partial charge < -0.3 is 10.2 Å². The second-order valence-electron chi connectivity index (χ2n) is 4.32. The van der Waals surface area contributed by atoms with Gasteiger partial charge in [-0.15, -0.1) is 0 Å². The number of hydrazone groups is 1. The number of nitrogens with one attached hydrogen (secondary N) is 1. The van der Waals surface area contributed by atoms with E-state index in [1.165, 1.54) is 17.6 Å². The lowest BCUT2D eigenvalue weighted by molar-refractivity contribution is 0.442. The van der Waals surface area contributed by atoms with E-state index in [0.717, 1.165) is 10.2 Å². The lowest BCUT2D eigenvalue weighted by Crippen LogP contribution is -1.91. The molecule has 0 atom stereocenters. The molecule has 1 aromatic heterocycles. The molecule has 3 rings (SSSR count). The van der Waals surface area contributed by atoms with Crippen molar-refractivity contribution in [2.75, 3.05) is 5.43 Å². The Hall–Kier alpha value is -1.64. The summed E-state index contributed by atoms with van der Waals surface area (Å²) < 4.78 is 1.74. The van der Waals surface area contributed by atoms with Crippen molar-refractivity contribution in [1.29, 1.82) is 0 Å². The van der Waals surface area contributed by atoms with E-state index < -0.39 is 0 Å². The van der Waals surface area contributed by atoms with Crippen LogP contribution in [0.4, 0.5) is 5.13 Å². The van der Waals surface area contributed by atoms with Crippen LogP contribution in [0, 0.1) is 0 Å². The lowest BCUT2D eigenvalue weighted by atomic mass is 10.2. The highest BCUT2D eigenvalue weighted by molar-refractivity contribution is 9.11. The van der Waals surface area contributed by atoms with Gasteiger partial charge in [0.15, 0.2) is 0 Å². The molecule has 0 bridgehead atoms. The van der Waals surface area contributed by atoms with Crippen molar-refractivity contribution in [2.45, 2.75) is 0 Å². The summed E-state index contributed by atoms with van der Waals surface area (Å²) in [4.78, 5) is 4.39. The number of benzene rings is 2. The molecule has 8 heteroatoms. The second-order valence-corrected chi connectivity index (χ2v) is 6.99. The van der Waals surface area contributed by atoms with Crippen molar-refractivity contribution in [3.8, 4) is 11.5 Å². The minimum Gasteiger partial charge on any atom is -0.506 e. The van der Waals surface area contributed by atoms with Gasteiger partial charge in [-0.05, 0) is 50.1 Å². The number of rotatable bonds is 3. The summed E-state index contributed by atoms with van der Waals surface area (Å²) in [5, 5.41) is 24.4. The Morgan fingerprint density at radius 3 is 2.73 bits per heavy atom. The van der Waals surface area contributed by atoms with Crippen LogP contribution in [0.25, 0.3) is 10.2 Å². The molecule has 0 aliphatic heterocycles. The van der Waals surface area contributed by atoms with Crippen LogP contribution < -0.4 is 5.43 Å². The molecule has 0 saturated heterocycles. The molecule has 5 nitrogen and oxygen atoms in total. The highest BCUT2D eigenvalue weighted by atomic mass is 79.9. The van der Waals surface area contributed by atoms with Crippen LogP contribution >= 0.6 is 43.2 Å². The normalized spacial score (nSPS) is 11.4. The average Bonchev–Trinajstić information content (AvgIpc) is 2.93. The zero-order chi connectivity index (χ0) is 15.7. The van der Waals surface area contributed by atoms with Crippen molar-refractivity contribution in [1.82, 2.24) is 4.98 Å². The van der Waals surface area contributed by atoms with Crippen LogP contribution in [0.2, 0.25) is 0 Å². The minimum absolute atomic E-state index is 0.0613. The Bertz CT molecular complexity index is 847. The van der Waals surface area contributed by atoms with Gasteiger partial charge in [0, 0.05) is 5.56 Å². The van der Waals surface area contributed by atoms with Crippen molar-refractivity contribution >= 4 is 64.8 Å². The number of fused-ring (bicyclic) bond motifs is 1. The first-order valence-corrected chi connectivity index (χ1v) is 8.51. The topological polar surface area (TPSA) is 77.7 Å². The van der Waals surface area contributed by atoms with Crippen molar-refractivity contribution < 1.29 is 10.2 Å². The molecular weight excluding hydrogens is 434 g/mol. The quantitative estimate of drug-likeness (QED) is 0.406. The maximum Gasteiger partial charge on any atom is 0.204 e. The summed E-state index contributed by atoms with van der Waals surface area (Å²) in [6, 6.07) is 9.37. The van der Waals surface area contributed by atoms with E-state index in [9.17, 15) is 10.2 Å². The van der Waals surface area contributed by atoms with Gasteiger partial charge in [-0.1, -0.05) is 23.5 Å². The van der Waals surface area contributed by atoms with E-state index in [-0.39, 0.29) is 16.0 Å². The monoisotopic (exact) mass is 441 g/mol. The number of phenols is 2. The van der Waals surface area contributed by atoms with Gasteiger partial charge in [-0.25, -0.2) is 4.98 Å². The summed E-state index contributed by atoms with van der Waals surface area (Å²) in [6.45, 7) is 0.